The number of amides is 2. The molecule has 0 spiro atoms. The van der Waals surface area contributed by atoms with Gasteiger partial charge in [0.2, 0.25) is 0 Å². The van der Waals surface area contributed by atoms with E-state index in [0.717, 1.165) is 0 Å². The van der Waals surface area contributed by atoms with Crippen LogP contribution in [0.15, 0.2) is 41.8 Å². The SMILES string of the molecule is CC(C)(C)c1ccc(OCC(=O)NCCNC(=O)c2cccs2)cc1. The van der Waals surface area contributed by atoms with Crippen LogP contribution in [0.3, 0.4) is 0 Å². The van der Waals surface area contributed by atoms with Gasteiger partial charge in [0.25, 0.3) is 11.8 Å². The third kappa shape index (κ3) is 6.23. The highest BCUT2D eigenvalue weighted by Crippen LogP contribution is 2.24. The lowest BCUT2D eigenvalue weighted by Crippen LogP contribution is -2.36. The third-order valence-corrected chi connectivity index (χ3v) is 4.44. The van der Waals surface area contributed by atoms with E-state index in [9.17, 15) is 9.59 Å². The summed E-state index contributed by atoms with van der Waals surface area (Å²) in [4.78, 5) is 24.2. The number of thiophene rings is 1. The Hall–Kier alpha value is -2.34. The van der Waals surface area contributed by atoms with Crippen LogP contribution < -0.4 is 15.4 Å². The number of nitrogens with one attached hydrogen (secondary N) is 2. The number of benzene rings is 1. The Labute approximate surface area is 152 Å². The van der Waals surface area contributed by atoms with Gasteiger partial charge in [-0.1, -0.05) is 39.0 Å². The van der Waals surface area contributed by atoms with Crippen molar-refractivity contribution in [2.24, 2.45) is 0 Å². The van der Waals surface area contributed by atoms with Crippen molar-refractivity contribution in [1.82, 2.24) is 10.6 Å². The minimum atomic E-state index is -0.217. The number of rotatable bonds is 7. The van der Waals surface area contributed by atoms with E-state index in [0.29, 0.717) is 23.7 Å². The summed E-state index contributed by atoms with van der Waals surface area (Å²) < 4.78 is 5.47. The van der Waals surface area contributed by atoms with Crippen molar-refractivity contribution in [3.05, 3.63) is 52.2 Å². The van der Waals surface area contributed by atoms with Crippen molar-refractivity contribution in [2.45, 2.75) is 26.2 Å². The van der Waals surface area contributed by atoms with E-state index in [1.165, 1.54) is 16.9 Å². The molecule has 134 valence electrons. The summed E-state index contributed by atoms with van der Waals surface area (Å²) in [6, 6.07) is 11.3. The topological polar surface area (TPSA) is 67.4 Å². The molecular formula is C19H24N2O3S. The second-order valence-electron chi connectivity index (χ2n) is 6.65. The third-order valence-electron chi connectivity index (χ3n) is 3.57. The molecule has 1 heterocycles. The molecule has 0 saturated heterocycles. The van der Waals surface area contributed by atoms with Crippen molar-refractivity contribution in [3.63, 3.8) is 0 Å². The summed E-state index contributed by atoms with van der Waals surface area (Å²) in [6.45, 7) is 7.13. The zero-order valence-corrected chi connectivity index (χ0v) is 15.6. The van der Waals surface area contributed by atoms with Crippen LogP contribution >= 0.6 is 11.3 Å². The normalized spacial score (nSPS) is 11.0. The van der Waals surface area contributed by atoms with Crippen molar-refractivity contribution < 1.29 is 14.3 Å². The fraction of sp³-hybridized carbons (Fsp3) is 0.368. The zero-order chi connectivity index (χ0) is 18.3. The van der Waals surface area contributed by atoms with Gasteiger partial charge in [-0.05, 0) is 34.6 Å². The molecule has 2 amide bonds. The average molecular weight is 360 g/mol. The van der Waals surface area contributed by atoms with E-state index in [-0.39, 0.29) is 23.8 Å². The van der Waals surface area contributed by atoms with Gasteiger partial charge in [-0.2, -0.15) is 0 Å². The highest BCUT2D eigenvalue weighted by molar-refractivity contribution is 7.12. The Morgan fingerprint density at radius 1 is 1.04 bits per heavy atom. The van der Waals surface area contributed by atoms with Crippen LogP contribution in [0.1, 0.15) is 36.0 Å². The fourth-order valence-corrected chi connectivity index (χ4v) is 2.76. The number of hydrogen-bond donors (Lipinski definition) is 2. The Morgan fingerprint density at radius 2 is 1.72 bits per heavy atom. The van der Waals surface area contributed by atoms with Crippen LogP contribution in [0.5, 0.6) is 5.75 Å². The molecule has 2 aromatic rings. The predicted molar refractivity (Wildman–Crippen MR) is 100 cm³/mol. The highest BCUT2D eigenvalue weighted by Gasteiger charge is 2.13. The monoisotopic (exact) mass is 360 g/mol. The molecule has 1 aromatic carbocycles. The first kappa shape index (κ1) is 19.0. The Kier molecular flexibility index (Phi) is 6.58. The van der Waals surface area contributed by atoms with E-state index in [1.54, 1.807) is 6.07 Å². The van der Waals surface area contributed by atoms with E-state index < -0.39 is 0 Å². The molecule has 0 aliphatic rings. The van der Waals surface area contributed by atoms with Gasteiger partial charge in [0.1, 0.15) is 5.75 Å². The molecule has 2 rings (SSSR count). The number of carbonyl (C=O) groups is 2. The number of hydrogen-bond acceptors (Lipinski definition) is 4. The molecule has 0 aliphatic carbocycles. The Balaban J connectivity index is 1.64. The van der Waals surface area contributed by atoms with Gasteiger partial charge < -0.3 is 15.4 Å². The summed E-state index contributed by atoms with van der Waals surface area (Å²) in [5.74, 6) is 0.318. The van der Waals surface area contributed by atoms with Crippen LogP contribution in [0.25, 0.3) is 0 Å². The maximum absolute atomic E-state index is 11.8. The van der Waals surface area contributed by atoms with E-state index in [4.69, 9.17) is 4.74 Å². The molecule has 0 fully saturated rings. The number of carbonyl (C=O) groups excluding carboxylic acids is 2. The van der Waals surface area contributed by atoms with Gasteiger partial charge in [-0.25, -0.2) is 0 Å². The Bertz CT molecular complexity index is 688. The smallest absolute Gasteiger partial charge is 0.261 e. The van der Waals surface area contributed by atoms with Gasteiger partial charge in [0.05, 0.1) is 4.88 Å². The zero-order valence-electron chi connectivity index (χ0n) is 14.8. The standard InChI is InChI=1S/C19H24N2O3S/c1-19(2,3)14-6-8-15(9-7-14)24-13-17(22)20-10-11-21-18(23)16-5-4-12-25-16/h4-9,12H,10-11,13H2,1-3H3,(H,20,22)(H,21,23). The lowest BCUT2D eigenvalue weighted by atomic mass is 9.87. The summed E-state index contributed by atoms with van der Waals surface area (Å²) >= 11 is 1.38. The lowest BCUT2D eigenvalue weighted by molar-refractivity contribution is -0.123. The van der Waals surface area contributed by atoms with Gasteiger partial charge in [0.15, 0.2) is 6.61 Å². The predicted octanol–water partition coefficient (Wildman–Crippen LogP) is 2.97. The molecule has 0 aliphatic heterocycles. The first-order valence-corrected chi connectivity index (χ1v) is 9.06. The minimum Gasteiger partial charge on any atom is -0.484 e. The molecule has 6 heteroatoms. The molecule has 0 bridgehead atoms. The maximum atomic E-state index is 11.8. The molecule has 0 radical (unpaired) electrons. The van der Waals surface area contributed by atoms with Gasteiger partial charge in [-0.3, -0.25) is 9.59 Å². The van der Waals surface area contributed by atoms with Gasteiger partial charge >= 0.3 is 0 Å². The van der Waals surface area contributed by atoms with Gasteiger partial charge in [0, 0.05) is 13.1 Å². The molecule has 2 N–H and O–H groups in total. The van der Waals surface area contributed by atoms with Crippen LogP contribution in [-0.2, 0) is 10.2 Å². The first-order valence-electron chi connectivity index (χ1n) is 8.18. The van der Waals surface area contributed by atoms with E-state index >= 15 is 0 Å². The van der Waals surface area contributed by atoms with Crippen LogP contribution in [0, 0.1) is 0 Å². The van der Waals surface area contributed by atoms with Gasteiger partial charge in [-0.15, -0.1) is 11.3 Å². The largest absolute Gasteiger partial charge is 0.484 e. The van der Waals surface area contributed by atoms with Crippen LogP contribution in [0.4, 0.5) is 0 Å². The second-order valence-corrected chi connectivity index (χ2v) is 7.59. The highest BCUT2D eigenvalue weighted by atomic mass is 32.1. The van der Waals surface area contributed by atoms with E-state index in [2.05, 4.69) is 31.4 Å². The van der Waals surface area contributed by atoms with Crippen LogP contribution in [0.2, 0.25) is 0 Å². The molecule has 25 heavy (non-hydrogen) atoms. The summed E-state index contributed by atoms with van der Waals surface area (Å²) in [7, 11) is 0. The Morgan fingerprint density at radius 3 is 2.32 bits per heavy atom. The molecular weight excluding hydrogens is 336 g/mol. The molecule has 0 unspecified atom stereocenters. The van der Waals surface area contributed by atoms with Crippen molar-refractivity contribution in [3.8, 4) is 5.75 Å². The quantitative estimate of drug-likeness (QED) is 0.746. The van der Waals surface area contributed by atoms with Crippen molar-refractivity contribution in [1.29, 1.82) is 0 Å². The number of ether oxygens (including phenoxy) is 1. The maximum Gasteiger partial charge on any atom is 0.261 e. The average Bonchev–Trinajstić information content (AvgIpc) is 3.11. The first-order chi connectivity index (χ1) is 11.9. The summed E-state index contributed by atoms with van der Waals surface area (Å²) in [5.41, 5.74) is 1.30. The van der Waals surface area contributed by atoms with E-state index in [1.807, 2.05) is 35.7 Å². The van der Waals surface area contributed by atoms with Crippen molar-refractivity contribution in [2.75, 3.05) is 19.7 Å². The molecule has 1 aromatic heterocycles. The fourth-order valence-electron chi connectivity index (χ4n) is 2.12. The van der Waals surface area contributed by atoms with Crippen molar-refractivity contribution >= 4 is 23.2 Å². The second kappa shape index (κ2) is 8.67. The lowest BCUT2D eigenvalue weighted by Gasteiger charge is -2.19. The summed E-state index contributed by atoms with van der Waals surface area (Å²) in [6.07, 6.45) is 0. The minimum absolute atomic E-state index is 0.0479. The van der Waals surface area contributed by atoms with Crippen LogP contribution in [-0.4, -0.2) is 31.5 Å². The molecule has 0 saturated carbocycles. The summed E-state index contributed by atoms with van der Waals surface area (Å²) in [5, 5.41) is 7.31. The molecule has 0 atom stereocenters. The molecule has 5 nitrogen and oxygen atoms in total.